The van der Waals surface area contributed by atoms with Crippen LogP contribution in [0.15, 0.2) is 48.8 Å². The molecule has 2 rings (SSSR count). The number of aryl methyl sites for hydroxylation is 1. The third kappa shape index (κ3) is 3.89. The molecule has 0 fully saturated rings. The molecule has 2 aromatic rings. The first-order valence-corrected chi connectivity index (χ1v) is 6.56. The Morgan fingerprint density at radius 1 is 1.19 bits per heavy atom. The van der Waals surface area contributed by atoms with E-state index in [0.717, 1.165) is 11.1 Å². The number of hydrogen-bond acceptors (Lipinski definition) is 3. The molecular formula is C16H16N2O3. The maximum atomic E-state index is 12.0. The van der Waals surface area contributed by atoms with Crippen LogP contribution < -0.4 is 5.32 Å². The van der Waals surface area contributed by atoms with Crippen molar-refractivity contribution in [1.29, 1.82) is 0 Å². The van der Waals surface area contributed by atoms with Crippen LogP contribution >= 0.6 is 0 Å². The molecule has 1 atom stereocenters. The van der Waals surface area contributed by atoms with Gasteiger partial charge in [-0.1, -0.05) is 24.3 Å². The van der Waals surface area contributed by atoms with E-state index in [9.17, 15) is 14.7 Å². The van der Waals surface area contributed by atoms with Gasteiger partial charge in [-0.05, 0) is 30.2 Å². The van der Waals surface area contributed by atoms with Crippen LogP contribution in [-0.2, 0) is 11.2 Å². The minimum Gasteiger partial charge on any atom is -0.480 e. The summed E-state index contributed by atoms with van der Waals surface area (Å²) in [6.07, 6.45) is 3.23. The Labute approximate surface area is 122 Å². The highest BCUT2D eigenvalue weighted by atomic mass is 16.4. The molecule has 0 aliphatic heterocycles. The molecule has 1 amide bonds. The predicted molar refractivity (Wildman–Crippen MR) is 78.0 cm³/mol. The van der Waals surface area contributed by atoms with Crippen molar-refractivity contribution >= 4 is 11.9 Å². The number of nitrogens with zero attached hydrogens (tertiary/aromatic N) is 1. The second-order valence-corrected chi connectivity index (χ2v) is 4.73. The molecule has 0 aliphatic rings. The van der Waals surface area contributed by atoms with Crippen LogP contribution in [0.2, 0.25) is 0 Å². The Balaban J connectivity index is 2.12. The molecule has 0 radical (unpaired) electrons. The van der Waals surface area contributed by atoms with Gasteiger partial charge in [-0.25, -0.2) is 4.79 Å². The number of aromatic nitrogens is 1. The number of aliphatic carboxylic acids is 1. The van der Waals surface area contributed by atoms with Crippen molar-refractivity contribution < 1.29 is 14.7 Å². The van der Waals surface area contributed by atoms with Gasteiger partial charge in [-0.2, -0.15) is 0 Å². The van der Waals surface area contributed by atoms with Gasteiger partial charge in [0.25, 0.3) is 5.91 Å². The normalized spacial score (nSPS) is 11.7. The van der Waals surface area contributed by atoms with E-state index in [0.29, 0.717) is 5.56 Å². The van der Waals surface area contributed by atoms with E-state index in [1.807, 2.05) is 31.2 Å². The molecule has 0 bridgehead atoms. The summed E-state index contributed by atoms with van der Waals surface area (Å²) >= 11 is 0. The Morgan fingerprint density at radius 3 is 2.48 bits per heavy atom. The molecule has 108 valence electrons. The van der Waals surface area contributed by atoms with Crippen molar-refractivity contribution in [3.8, 4) is 0 Å². The molecule has 2 N–H and O–H groups in total. The van der Waals surface area contributed by atoms with Crippen LogP contribution in [-0.4, -0.2) is 28.0 Å². The number of carbonyl (C=O) groups excluding carboxylic acids is 1. The lowest BCUT2D eigenvalue weighted by molar-refractivity contribution is -0.139. The van der Waals surface area contributed by atoms with Crippen molar-refractivity contribution in [2.24, 2.45) is 0 Å². The summed E-state index contributed by atoms with van der Waals surface area (Å²) in [5.41, 5.74) is 2.29. The van der Waals surface area contributed by atoms with E-state index >= 15 is 0 Å². The standard InChI is InChI=1S/C16H16N2O3/c1-11-4-2-3-5-13(11)10-14(16(20)21)18-15(19)12-6-8-17-9-7-12/h2-9,14H,10H2,1H3,(H,18,19)(H,20,21)/t14-/m0/s1. The zero-order chi connectivity index (χ0) is 15.2. The van der Waals surface area contributed by atoms with Gasteiger partial charge in [0, 0.05) is 24.4 Å². The van der Waals surface area contributed by atoms with Crippen LogP contribution in [0.5, 0.6) is 0 Å². The second kappa shape index (κ2) is 6.65. The van der Waals surface area contributed by atoms with Crippen molar-refractivity contribution in [2.75, 3.05) is 0 Å². The fourth-order valence-corrected chi connectivity index (χ4v) is 2.00. The number of nitrogens with one attached hydrogen (secondary N) is 1. The van der Waals surface area contributed by atoms with Crippen LogP contribution in [0.4, 0.5) is 0 Å². The maximum Gasteiger partial charge on any atom is 0.326 e. The monoisotopic (exact) mass is 284 g/mol. The quantitative estimate of drug-likeness (QED) is 0.877. The number of amides is 1. The molecule has 0 unspecified atom stereocenters. The number of carboxylic acids is 1. The first kappa shape index (κ1) is 14.7. The molecule has 0 spiro atoms. The summed E-state index contributed by atoms with van der Waals surface area (Å²) in [4.78, 5) is 27.2. The van der Waals surface area contributed by atoms with Gasteiger partial charge in [0.05, 0.1) is 0 Å². The molecular weight excluding hydrogens is 268 g/mol. The highest BCUT2D eigenvalue weighted by molar-refractivity contribution is 5.96. The number of benzene rings is 1. The van der Waals surface area contributed by atoms with Gasteiger partial charge >= 0.3 is 5.97 Å². The van der Waals surface area contributed by atoms with Gasteiger partial charge in [0.1, 0.15) is 6.04 Å². The summed E-state index contributed by atoms with van der Waals surface area (Å²) in [5.74, 6) is -1.47. The number of hydrogen-bond donors (Lipinski definition) is 2. The predicted octanol–water partition coefficient (Wildman–Crippen LogP) is 1.82. The molecule has 0 aliphatic carbocycles. The second-order valence-electron chi connectivity index (χ2n) is 4.73. The topological polar surface area (TPSA) is 79.3 Å². The molecule has 5 heteroatoms. The molecule has 21 heavy (non-hydrogen) atoms. The number of carboxylic acid groups (broad SMARTS) is 1. The van der Waals surface area contributed by atoms with E-state index in [-0.39, 0.29) is 6.42 Å². The molecule has 0 saturated heterocycles. The van der Waals surface area contributed by atoms with Crippen molar-refractivity contribution in [3.63, 3.8) is 0 Å². The SMILES string of the molecule is Cc1ccccc1C[C@H](NC(=O)c1ccncc1)C(=O)O. The third-order valence-electron chi connectivity index (χ3n) is 3.23. The lowest BCUT2D eigenvalue weighted by Gasteiger charge is -2.16. The number of pyridine rings is 1. The fraction of sp³-hybridized carbons (Fsp3) is 0.188. The molecule has 1 heterocycles. The Morgan fingerprint density at radius 2 is 1.86 bits per heavy atom. The largest absolute Gasteiger partial charge is 0.480 e. The zero-order valence-corrected chi connectivity index (χ0v) is 11.6. The Bertz CT molecular complexity index is 641. The van der Waals surface area contributed by atoms with Crippen molar-refractivity contribution in [3.05, 3.63) is 65.5 Å². The van der Waals surface area contributed by atoms with Crippen LogP contribution in [0.3, 0.4) is 0 Å². The minimum absolute atomic E-state index is 0.249. The average Bonchev–Trinajstić information content (AvgIpc) is 2.49. The molecule has 0 saturated carbocycles. The van der Waals surface area contributed by atoms with Crippen molar-refractivity contribution in [1.82, 2.24) is 10.3 Å². The summed E-state index contributed by atoms with van der Waals surface area (Å²) in [5, 5.41) is 11.8. The lowest BCUT2D eigenvalue weighted by Crippen LogP contribution is -2.42. The summed E-state index contributed by atoms with van der Waals surface area (Å²) < 4.78 is 0. The van der Waals surface area contributed by atoms with E-state index < -0.39 is 17.9 Å². The Kier molecular flexibility index (Phi) is 4.66. The van der Waals surface area contributed by atoms with E-state index in [4.69, 9.17) is 0 Å². The third-order valence-corrected chi connectivity index (χ3v) is 3.23. The number of carbonyl (C=O) groups is 2. The summed E-state index contributed by atoms with van der Waals surface area (Å²) in [6, 6.07) is 9.65. The summed E-state index contributed by atoms with van der Waals surface area (Å²) in [7, 11) is 0. The van der Waals surface area contributed by atoms with Crippen LogP contribution in [0.1, 0.15) is 21.5 Å². The fourth-order valence-electron chi connectivity index (χ4n) is 2.00. The first-order chi connectivity index (χ1) is 10.1. The molecule has 5 nitrogen and oxygen atoms in total. The highest BCUT2D eigenvalue weighted by Gasteiger charge is 2.21. The molecule has 1 aromatic carbocycles. The zero-order valence-electron chi connectivity index (χ0n) is 11.6. The lowest BCUT2D eigenvalue weighted by atomic mass is 10.0. The Hall–Kier alpha value is -2.69. The smallest absolute Gasteiger partial charge is 0.326 e. The van der Waals surface area contributed by atoms with Crippen LogP contribution in [0.25, 0.3) is 0 Å². The number of rotatable bonds is 5. The van der Waals surface area contributed by atoms with Gasteiger partial charge in [0.2, 0.25) is 0 Å². The van der Waals surface area contributed by atoms with Gasteiger partial charge < -0.3 is 10.4 Å². The average molecular weight is 284 g/mol. The minimum atomic E-state index is -1.05. The van der Waals surface area contributed by atoms with Gasteiger partial charge in [0.15, 0.2) is 0 Å². The van der Waals surface area contributed by atoms with E-state index in [1.54, 1.807) is 12.1 Å². The maximum absolute atomic E-state index is 12.0. The first-order valence-electron chi connectivity index (χ1n) is 6.56. The van der Waals surface area contributed by atoms with E-state index in [1.165, 1.54) is 12.4 Å². The van der Waals surface area contributed by atoms with Crippen LogP contribution in [0, 0.1) is 6.92 Å². The van der Waals surface area contributed by atoms with E-state index in [2.05, 4.69) is 10.3 Å². The highest BCUT2D eigenvalue weighted by Crippen LogP contribution is 2.10. The summed E-state index contributed by atoms with van der Waals surface area (Å²) in [6.45, 7) is 1.92. The molecule has 1 aromatic heterocycles. The van der Waals surface area contributed by atoms with Crippen molar-refractivity contribution in [2.45, 2.75) is 19.4 Å². The van der Waals surface area contributed by atoms with Gasteiger partial charge in [-0.15, -0.1) is 0 Å². The van der Waals surface area contributed by atoms with Gasteiger partial charge in [-0.3, -0.25) is 9.78 Å².